The number of ether oxygens (including phenoxy) is 1. The van der Waals surface area contributed by atoms with Gasteiger partial charge in [-0.15, -0.1) is 0 Å². The average molecular weight is 391 g/mol. The zero-order valence-electron chi connectivity index (χ0n) is 17.4. The van der Waals surface area contributed by atoms with Gasteiger partial charge in [0.25, 0.3) is 0 Å². The summed E-state index contributed by atoms with van der Waals surface area (Å²) in [5.74, 6) is 0.729. The van der Waals surface area contributed by atoms with Crippen LogP contribution in [0.1, 0.15) is 72.1 Å². The van der Waals surface area contributed by atoms with Crippen molar-refractivity contribution in [3.8, 4) is 0 Å². The fourth-order valence-corrected chi connectivity index (χ4v) is 7.57. The van der Waals surface area contributed by atoms with Gasteiger partial charge in [0.05, 0.1) is 0 Å². The highest BCUT2D eigenvalue weighted by Crippen LogP contribution is 2.67. The second-order valence-electron chi connectivity index (χ2n) is 10.2. The van der Waals surface area contributed by atoms with Crippen LogP contribution in [0.15, 0.2) is 11.6 Å². The molecule has 7 unspecified atom stereocenters. The van der Waals surface area contributed by atoms with Crippen LogP contribution in [0.2, 0.25) is 0 Å². The van der Waals surface area contributed by atoms with E-state index in [9.17, 15) is 19.8 Å². The molecule has 4 aliphatic rings. The maximum absolute atomic E-state index is 12.4. The molecule has 7 atom stereocenters. The second-order valence-corrected chi connectivity index (χ2v) is 10.2. The van der Waals surface area contributed by atoms with Crippen LogP contribution in [0.3, 0.4) is 0 Å². The molecule has 4 aliphatic carbocycles. The molecule has 0 aromatic rings. The summed E-state index contributed by atoms with van der Waals surface area (Å²) in [5.41, 5.74) is -0.253. The van der Waals surface area contributed by atoms with Crippen molar-refractivity contribution in [1.82, 2.24) is 0 Å². The fraction of sp³-hybridized carbons (Fsp3) is 0.826. The van der Waals surface area contributed by atoms with E-state index in [1.54, 1.807) is 0 Å². The first-order valence-corrected chi connectivity index (χ1v) is 10.9. The molecule has 156 valence electrons. The minimum Gasteiger partial charge on any atom is -0.462 e. The summed E-state index contributed by atoms with van der Waals surface area (Å²) < 4.78 is 5.50. The lowest BCUT2D eigenvalue weighted by atomic mass is 9.46. The number of carbonyl (C=O) groups excluding carboxylic acids is 2. The van der Waals surface area contributed by atoms with E-state index in [-0.39, 0.29) is 17.5 Å². The second kappa shape index (κ2) is 6.66. The summed E-state index contributed by atoms with van der Waals surface area (Å²) in [6, 6.07) is 0. The maximum atomic E-state index is 12.4. The third-order valence-corrected chi connectivity index (χ3v) is 9.15. The quantitative estimate of drug-likeness (QED) is 0.571. The van der Waals surface area contributed by atoms with Crippen molar-refractivity contribution in [2.24, 2.45) is 28.6 Å². The molecule has 0 spiro atoms. The van der Waals surface area contributed by atoms with Gasteiger partial charge in [-0.3, -0.25) is 9.59 Å². The van der Waals surface area contributed by atoms with Crippen molar-refractivity contribution in [1.29, 1.82) is 0 Å². The summed E-state index contributed by atoms with van der Waals surface area (Å²) >= 11 is 0. The van der Waals surface area contributed by atoms with Gasteiger partial charge in [-0.25, -0.2) is 0 Å². The Kier molecular flexibility index (Phi) is 4.78. The Morgan fingerprint density at radius 1 is 1.14 bits per heavy atom. The SMILES string of the molecule is CC(=O)OC1CCC2(C)C(=CCC3C2CCC2(C)C3CCC2(O)C(=O)CO)C1. The van der Waals surface area contributed by atoms with Crippen molar-refractivity contribution in [3.05, 3.63) is 11.6 Å². The Labute approximate surface area is 167 Å². The van der Waals surface area contributed by atoms with Crippen molar-refractivity contribution in [2.45, 2.75) is 83.8 Å². The lowest BCUT2D eigenvalue weighted by Crippen LogP contribution is -2.58. The van der Waals surface area contributed by atoms with E-state index in [1.807, 2.05) is 0 Å². The zero-order valence-corrected chi connectivity index (χ0v) is 17.4. The number of hydrogen-bond donors (Lipinski definition) is 2. The van der Waals surface area contributed by atoms with Crippen LogP contribution in [0.25, 0.3) is 0 Å². The lowest BCUT2D eigenvalue weighted by molar-refractivity contribution is -0.164. The zero-order chi connectivity index (χ0) is 20.3. The van der Waals surface area contributed by atoms with E-state index in [4.69, 9.17) is 4.74 Å². The monoisotopic (exact) mass is 390 g/mol. The number of aliphatic hydroxyl groups excluding tert-OH is 1. The first-order valence-electron chi connectivity index (χ1n) is 10.9. The van der Waals surface area contributed by atoms with Crippen LogP contribution in [0.5, 0.6) is 0 Å². The molecule has 0 heterocycles. The van der Waals surface area contributed by atoms with Crippen molar-refractivity contribution < 1.29 is 24.5 Å². The number of aliphatic hydroxyl groups is 2. The van der Waals surface area contributed by atoms with Crippen LogP contribution in [0.4, 0.5) is 0 Å². The predicted octanol–water partition coefficient (Wildman–Crippen LogP) is 3.17. The number of carbonyl (C=O) groups is 2. The van der Waals surface area contributed by atoms with E-state index in [2.05, 4.69) is 19.9 Å². The molecular formula is C23H34O5. The minimum absolute atomic E-state index is 0.000907. The highest BCUT2D eigenvalue weighted by Gasteiger charge is 2.65. The third-order valence-electron chi connectivity index (χ3n) is 9.15. The van der Waals surface area contributed by atoms with Gasteiger partial charge in [-0.05, 0) is 68.1 Å². The van der Waals surface area contributed by atoms with Gasteiger partial charge in [0.2, 0.25) is 0 Å². The number of allylic oxidation sites excluding steroid dienone is 1. The number of rotatable bonds is 3. The number of Topliss-reactive ketones (excluding diaryl/α,β-unsaturated/α-hetero) is 1. The third kappa shape index (κ3) is 2.65. The Morgan fingerprint density at radius 3 is 2.54 bits per heavy atom. The van der Waals surface area contributed by atoms with Crippen LogP contribution >= 0.6 is 0 Å². The summed E-state index contributed by atoms with van der Waals surface area (Å²) in [7, 11) is 0. The number of esters is 1. The standard InChI is InChI=1S/C23H34O5/c1-14(25)28-16-6-9-21(2)15(12-16)4-5-17-18(21)7-10-22(3)19(17)8-11-23(22,27)20(26)13-24/h4,16-19,24,27H,5-13H2,1-3H3. The molecule has 28 heavy (non-hydrogen) atoms. The van der Waals surface area contributed by atoms with Crippen LogP contribution in [0, 0.1) is 28.6 Å². The van der Waals surface area contributed by atoms with Gasteiger partial charge in [0.1, 0.15) is 18.3 Å². The van der Waals surface area contributed by atoms with Crippen LogP contribution in [-0.4, -0.2) is 40.3 Å². The Balaban J connectivity index is 1.60. The maximum Gasteiger partial charge on any atom is 0.302 e. The summed E-state index contributed by atoms with van der Waals surface area (Å²) in [4.78, 5) is 23.8. The number of fused-ring (bicyclic) bond motifs is 5. The molecule has 0 radical (unpaired) electrons. The highest BCUT2D eigenvalue weighted by atomic mass is 16.5. The molecule has 2 N–H and O–H groups in total. The molecule has 0 aliphatic heterocycles. The van der Waals surface area contributed by atoms with E-state index in [0.717, 1.165) is 44.9 Å². The van der Waals surface area contributed by atoms with Crippen molar-refractivity contribution >= 4 is 11.8 Å². The Hall–Kier alpha value is -1.20. The molecule has 5 heteroatoms. The first kappa shape index (κ1) is 20.1. The molecule has 0 saturated heterocycles. The number of ketones is 1. The van der Waals surface area contributed by atoms with E-state index < -0.39 is 23.4 Å². The largest absolute Gasteiger partial charge is 0.462 e. The molecule has 3 fully saturated rings. The highest BCUT2D eigenvalue weighted by molar-refractivity contribution is 5.89. The molecule has 0 aromatic heterocycles. The minimum atomic E-state index is -1.38. The average Bonchev–Trinajstić information content (AvgIpc) is 2.93. The molecule has 3 saturated carbocycles. The molecule has 4 rings (SSSR count). The Morgan fingerprint density at radius 2 is 1.86 bits per heavy atom. The smallest absolute Gasteiger partial charge is 0.302 e. The number of hydrogen-bond acceptors (Lipinski definition) is 5. The molecular weight excluding hydrogens is 356 g/mol. The van der Waals surface area contributed by atoms with Gasteiger partial charge < -0.3 is 14.9 Å². The van der Waals surface area contributed by atoms with Crippen LogP contribution < -0.4 is 0 Å². The normalized spacial score (nSPS) is 47.4. The van der Waals surface area contributed by atoms with Gasteiger partial charge in [0.15, 0.2) is 5.78 Å². The van der Waals surface area contributed by atoms with Gasteiger partial charge in [0, 0.05) is 18.8 Å². The van der Waals surface area contributed by atoms with Gasteiger partial charge in [-0.2, -0.15) is 0 Å². The van der Waals surface area contributed by atoms with Crippen molar-refractivity contribution in [3.63, 3.8) is 0 Å². The van der Waals surface area contributed by atoms with Gasteiger partial charge >= 0.3 is 5.97 Å². The first-order chi connectivity index (χ1) is 13.2. The summed E-state index contributed by atoms with van der Waals surface area (Å²) in [6.45, 7) is 5.36. The molecule has 5 nitrogen and oxygen atoms in total. The Bertz CT molecular complexity index is 714. The molecule has 0 amide bonds. The lowest BCUT2D eigenvalue weighted by Gasteiger charge is -2.58. The van der Waals surface area contributed by atoms with Crippen molar-refractivity contribution in [2.75, 3.05) is 6.61 Å². The van der Waals surface area contributed by atoms with Crippen LogP contribution in [-0.2, 0) is 14.3 Å². The van der Waals surface area contributed by atoms with Gasteiger partial charge in [-0.1, -0.05) is 25.5 Å². The predicted molar refractivity (Wildman–Crippen MR) is 104 cm³/mol. The molecule has 0 aromatic carbocycles. The fourth-order valence-electron chi connectivity index (χ4n) is 7.57. The van der Waals surface area contributed by atoms with E-state index in [1.165, 1.54) is 12.5 Å². The molecule has 0 bridgehead atoms. The summed E-state index contributed by atoms with van der Waals surface area (Å²) in [5, 5.41) is 20.7. The summed E-state index contributed by atoms with van der Waals surface area (Å²) in [6.07, 6.45) is 9.29. The topological polar surface area (TPSA) is 83.8 Å². The van der Waals surface area contributed by atoms with E-state index in [0.29, 0.717) is 24.2 Å². The van der Waals surface area contributed by atoms with E-state index >= 15 is 0 Å².